The number of nitro groups is 1. The van der Waals surface area contributed by atoms with Gasteiger partial charge in [0.1, 0.15) is 5.39 Å². The number of halogens is 2. The zero-order chi connectivity index (χ0) is 18.0. The molecule has 2 N–H and O–H groups in total. The van der Waals surface area contributed by atoms with Crippen LogP contribution in [0.3, 0.4) is 0 Å². The summed E-state index contributed by atoms with van der Waals surface area (Å²) in [5.74, 6) is 0.518. The molecule has 0 amide bonds. The summed E-state index contributed by atoms with van der Waals surface area (Å²) < 4.78 is 0. The van der Waals surface area contributed by atoms with E-state index in [-0.39, 0.29) is 41.6 Å². The molecule has 1 unspecified atom stereocenters. The lowest BCUT2D eigenvalue weighted by atomic mass is 10.1. The van der Waals surface area contributed by atoms with Gasteiger partial charge in [-0.15, -0.1) is 24.8 Å². The predicted octanol–water partition coefficient (Wildman–Crippen LogP) is 5.14. The Bertz CT molecular complexity index is 934. The van der Waals surface area contributed by atoms with Crippen LogP contribution in [0, 0.1) is 16.0 Å². The van der Waals surface area contributed by atoms with Crippen molar-refractivity contribution in [1.29, 1.82) is 0 Å². The third-order valence-electron chi connectivity index (χ3n) is 4.07. The van der Waals surface area contributed by atoms with Gasteiger partial charge in [-0.05, 0) is 31.5 Å². The fourth-order valence-corrected chi connectivity index (χ4v) is 2.91. The van der Waals surface area contributed by atoms with Crippen molar-refractivity contribution >= 4 is 58.0 Å². The Labute approximate surface area is 170 Å². The summed E-state index contributed by atoms with van der Waals surface area (Å²) in [6.45, 7) is 7.15. The number of rotatable bonds is 6. The van der Waals surface area contributed by atoms with Gasteiger partial charge >= 0.3 is 0 Å². The Balaban J connectivity index is 0.00000182. The third-order valence-corrected chi connectivity index (χ3v) is 4.07. The van der Waals surface area contributed by atoms with E-state index in [4.69, 9.17) is 0 Å². The van der Waals surface area contributed by atoms with Crippen LogP contribution in [-0.2, 0) is 0 Å². The molecule has 1 heterocycles. The molecular weight excluding hydrogens is 387 g/mol. The second-order valence-corrected chi connectivity index (χ2v) is 6.60. The van der Waals surface area contributed by atoms with Crippen molar-refractivity contribution < 1.29 is 4.92 Å². The molecule has 0 aliphatic carbocycles. The fraction of sp³-hybridized carbons (Fsp3) is 0.316. The highest BCUT2D eigenvalue weighted by molar-refractivity contribution is 6.11. The van der Waals surface area contributed by atoms with E-state index in [1.807, 2.05) is 37.3 Å². The van der Waals surface area contributed by atoms with Gasteiger partial charge in [-0.3, -0.25) is 15.4 Å². The summed E-state index contributed by atoms with van der Waals surface area (Å²) in [4.78, 5) is 15.8. The maximum atomic E-state index is 11.5. The van der Waals surface area contributed by atoms with Crippen LogP contribution in [-0.4, -0.2) is 22.6 Å². The van der Waals surface area contributed by atoms with E-state index >= 15 is 0 Å². The van der Waals surface area contributed by atoms with Crippen LogP contribution in [0.15, 0.2) is 42.5 Å². The van der Waals surface area contributed by atoms with E-state index in [0.717, 1.165) is 23.1 Å². The monoisotopic (exact) mass is 410 g/mol. The third kappa shape index (κ3) is 4.97. The first-order valence-corrected chi connectivity index (χ1v) is 8.43. The highest BCUT2D eigenvalue weighted by atomic mass is 35.5. The molecule has 0 fully saturated rings. The number of para-hydroxylation sites is 1. The fourth-order valence-electron chi connectivity index (χ4n) is 2.91. The number of anilines is 1. The molecular formula is C19H24Cl2N4O2. The Morgan fingerprint density at radius 2 is 1.70 bits per heavy atom. The van der Waals surface area contributed by atoms with Crippen molar-refractivity contribution in [2.24, 2.45) is 5.92 Å². The average molecular weight is 411 g/mol. The van der Waals surface area contributed by atoms with Crippen LogP contribution in [0.25, 0.3) is 21.8 Å². The molecule has 146 valence electrons. The molecule has 2 aromatic carbocycles. The molecule has 0 saturated carbocycles. The number of nitrogens with zero attached hydrogens (tertiary/aromatic N) is 2. The van der Waals surface area contributed by atoms with E-state index in [0.29, 0.717) is 16.8 Å². The van der Waals surface area contributed by atoms with E-state index in [9.17, 15) is 10.1 Å². The highest BCUT2D eigenvalue weighted by Gasteiger charge is 2.20. The molecule has 0 spiro atoms. The van der Waals surface area contributed by atoms with Gasteiger partial charge in [0.05, 0.1) is 27.8 Å². The average Bonchev–Trinajstić information content (AvgIpc) is 2.59. The second-order valence-electron chi connectivity index (χ2n) is 6.60. The van der Waals surface area contributed by atoms with Gasteiger partial charge in [0.25, 0.3) is 5.69 Å². The normalized spacial score (nSPS) is 11.7. The minimum absolute atomic E-state index is 0. The number of nitro benzene ring substituents is 1. The van der Waals surface area contributed by atoms with Crippen LogP contribution in [0.5, 0.6) is 0 Å². The molecule has 27 heavy (non-hydrogen) atoms. The van der Waals surface area contributed by atoms with Crippen molar-refractivity contribution in [2.75, 3.05) is 11.9 Å². The van der Waals surface area contributed by atoms with Crippen LogP contribution in [0.4, 0.5) is 11.4 Å². The van der Waals surface area contributed by atoms with Crippen molar-refractivity contribution in [1.82, 2.24) is 10.3 Å². The summed E-state index contributed by atoms with van der Waals surface area (Å²) in [7, 11) is 0. The maximum Gasteiger partial charge on any atom is 0.280 e. The van der Waals surface area contributed by atoms with Crippen molar-refractivity contribution in [3.8, 4) is 0 Å². The van der Waals surface area contributed by atoms with E-state index < -0.39 is 0 Å². The molecule has 3 aromatic rings. The SMILES string of the molecule is CC(C)CNC(C)Nc1c2ccccc2nc2cccc([N+](=O)[O-])c12.Cl.Cl. The summed E-state index contributed by atoms with van der Waals surface area (Å²) in [5, 5.41) is 19.8. The quantitative estimate of drug-likeness (QED) is 0.254. The molecule has 1 aromatic heterocycles. The minimum Gasteiger partial charge on any atom is -0.369 e. The molecule has 0 radical (unpaired) electrons. The molecule has 0 aliphatic heterocycles. The first kappa shape index (κ1) is 22.9. The van der Waals surface area contributed by atoms with Gasteiger partial charge in [-0.1, -0.05) is 38.1 Å². The summed E-state index contributed by atoms with van der Waals surface area (Å²) in [5.41, 5.74) is 2.24. The van der Waals surface area contributed by atoms with Gasteiger partial charge < -0.3 is 5.32 Å². The Morgan fingerprint density at radius 3 is 2.37 bits per heavy atom. The van der Waals surface area contributed by atoms with Crippen molar-refractivity contribution in [3.05, 3.63) is 52.6 Å². The predicted molar refractivity (Wildman–Crippen MR) is 116 cm³/mol. The first-order chi connectivity index (χ1) is 12.0. The number of non-ortho nitro benzene ring substituents is 1. The minimum atomic E-state index is -0.351. The molecule has 0 aliphatic rings. The smallest absolute Gasteiger partial charge is 0.280 e. The van der Waals surface area contributed by atoms with E-state index in [2.05, 4.69) is 29.5 Å². The number of pyridine rings is 1. The highest BCUT2D eigenvalue weighted by Crippen LogP contribution is 2.36. The number of hydrogen-bond acceptors (Lipinski definition) is 5. The summed E-state index contributed by atoms with van der Waals surface area (Å²) >= 11 is 0. The van der Waals surface area contributed by atoms with Gasteiger partial charge in [-0.25, -0.2) is 4.98 Å². The molecule has 8 heteroatoms. The number of nitrogens with one attached hydrogen (secondary N) is 2. The van der Waals surface area contributed by atoms with Gasteiger partial charge in [0, 0.05) is 11.5 Å². The standard InChI is InChI=1S/C19H22N4O2.2ClH/c1-12(2)11-20-13(3)21-19-14-7-4-5-8-15(14)22-16-9-6-10-17(18(16)19)23(24)25;;/h4-10,12-13,20H,11H2,1-3H3,(H,21,22);2*1H. The molecule has 0 bridgehead atoms. The Kier molecular flexibility index (Phi) is 8.21. The lowest BCUT2D eigenvalue weighted by Crippen LogP contribution is -2.35. The van der Waals surface area contributed by atoms with Gasteiger partial charge in [0.15, 0.2) is 0 Å². The molecule has 1 atom stereocenters. The van der Waals surface area contributed by atoms with Crippen molar-refractivity contribution in [3.63, 3.8) is 0 Å². The molecule has 0 saturated heterocycles. The largest absolute Gasteiger partial charge is 0.369 e. The maximum absolute atomic E-state index is 11.5. The zero-order valence-electron chi connectivity index (χ0n) is 15.4. The van der Waals surface area contributed by atoms with Crippen LogP contribution < -0.4 is 10.6 Å². The van der Waals surface area contributed by atoms with Crippen molar-refractivity contribution in [2.45, 2.75) is 26.9 Å². The van der Waals surface area contributed by atoms with E-state index in [1.54, 1.807) is 6.07 Å². The summed E-state index contributed by atoms with van der Waals surface area (Å²) in [6, 6.07) is 12.7. The Hall–Kier alpha value is -2.15. The topological polar surface area (TPSA) is 80.1 Å². The first-order valence-electron chi connectivity index (χ1n) is 8.43. The Morgan fingerprint density at radius 1 is 1.04 bits per heavy atom. The lowest BCUT2D eigenvalue weighted by Gasteiger charge is -2.21. The molecule has 6 nitrogen and oxygen atoms in total. The van der Waals surface area contributed by atoms with Gasteiger partial charge in [0.2, 0.25) is 0 Å². The zero-order valence-corrected chi connectivity index (χ0v) is 17.1. The molecule has 3 rings (SSSR count). The number of benzene rings is 2. The second kappa shape index (κ2) is 9.69. The number of aromatic nitrogens is 1. The number of fused-ring (bicyclic) bond motifs is 2. The lowest BCUT2D eigenvalue weighted by molar-refractivity contribution is -0.383. The van der Waals surface area contributed by atoms with Crippen LogP contribution >= 0.6 is 24.8 Å². The van der Waals surface area contributed by atoms with E-state index in [1.165, 1.54) is 6.07 Å². The van der Waals surface area contributed by atoms with Gasteiger partial charge in [-0.2, -0.15) is 0 Å². The summed E-state index contributed by atoms with van der Waals surface area (Å²) in [6.07, 6.45) is -0.0313. The van der Waals surface area contributed by atoms with Crippen LogP contribution in [0.1, 0.15) is 20.8 Å². The number of hydrogen-bond donors (Lipinski definition) is 2. The van der Waals surface area contributed by atoms with Crippen LogP contribution in [0.2, 0.25) is 0 Å².